The summed E-state index contributed by atoms with van der Waals surface area (Å²) in [6, 6.07) is 13.7. The predicted octanol–water partition coefficient (Wildman–Crippen LogP) is 2.39. The number of benzene rings is 2. The maximum Gasteiger partial charge on any atom is 0.242 e. The van der Waals surface area contributed by atoms with Gasteiger partial charge in [0.2, 0.25) is 15.9 Å². The Morgan fingerprint density at radius 3 is 2.31 bits per heavy atom. The number of hydrogen-bond acceptors (Lipinski definition) is 5. The summed E-state index contributed by atoms with van der Waals surface area (Å²) in [4.78, 5) is 12.8. The van der Waals surface area contributed by atoms with Gasteiger partial charge in [-0.05, 0) is 36.1 Å². The molecule has 29 heavy (non-hydrogen) atoms. The summed E-state index contributed by atoms with van der Waals surface area (Å²) >= 11 is 0. The SMILES string of the molecule is COc1ccc(CCCNC(=O)[C@H](c2ccccc2)N(C)S(C)(=O)=O)cc1OC. The van der Waals surface area contributed by atoms with Crippen LogP contribution < -0.4 is 14.8 Å². The molecule has 1 N–H and O–H groups in total. The number of carbonyl (C=O) groups excluding carboxylic acids is 1. The third-order valence-corrected chi connectivity index (χ3v) is 5.90. The second-order valence-corrected chi connectivity index (χ2v) is 8.72. The van der Waals surface area contributed by atoms with Crippen molar-refractivity contribution in [2.45, 2.75) is 18.9 Å². The Hall–Kier alpha value is -2.58. The Labute approximate surface area is 172 Å². The number of likely N-dealkylation sites (N-methyl/N-ethyl adjacent to an activating group) is 1. The summed E-state index contributed by atoms with van der Waals surface area (Å²) in [6.45, 7) is 0.425. The van der Waals surface area contributed by atoms with Crippen LogP contribution in [0, 0.1) is 0 Å². The van der Waals surface area contributed by atoms with Gasteiger partial charge in [0.1, 0.15) is 6.04 Å². The Morgan fingerprint density at radius 1 is 1.07 bits per heavy atom. The fourth-order valence-corrected chi connectivity index (χ4v) is 3.59. The molecule has 0 bridgehead atoms. The van der Waals surface area contributed by atoms with Gasteiger partial charge in [-0.3, -0.25) is 4.79 Å². The van der Waals surface area contributed by atoms with Gasteiger partial charge < -0.3 is 14.8 Å². The Balaban J connectivity index is 2.00. The molecule has 0 aliphatic rings. The van der Waals surface area contributed by atoms with Crippen molar-refractivity contribution in [1.82, 2.24) is 9.62 Å². The van der Waals surface area contributed by atoms with Crippen molar-refractivity contribution in [1.29, 1.82) is 0 Å². The molecule has 0 saturated carbocycles. The van der Waals surface area contributed by atoms with Gasteiger partial charge in [-0.15, -0.1) is 0 Å². The van der Waals surface area contributed by atoms with Crippen molar-refractivity contribution < 1.29 is 22.7 Å². The second-order valence-electron chi connectivity index (χ2n) is 6.68. The van der Waals surface area contributed by atoms with E-state index in [2.05, 4.69) is 5.32 Å². The molecule has 0 heterocycles. The molecule has 2 rings (SSSR count). The highest BCUT2D eigenvalue weighted by molar-refractivity contribution is 7.88. The van der Waals surface area contributed by atoms with Crippen molar-refractivity contribution in [2.75, 3.05) is 34.1 Å². The lowest BCUT2D eigenvalue weighted by Crippen LogP contribution is -2.41. The molecular formula is C21H28N2O5S. The molecule has 7 nitrogen and oxygen atoms in total. The molecule has 158 valence electrons. The molecule has 1 atom stereocenters. The highest BCUT2D eigenvalue weighted by Gasteiger charge is 2.30. The van der Waals surface area contributed by atoms with Crippen LogP contribution in [0.15, 0.2) is 48.5 Å². The number of hydrogen-bond donors (Lipinski definition) is 1. The zero-order valence-corrected chi connectivity index (χ0v) is 18.0. The zero-order chi connectivity index (χ0) is 21.4. The largest absolute Gasteiger partial charge is 0.493 e. The summed E-state index contributed by atoms with van der Waals surface area (Å²) in [5.74, 6) is 0.975. The van der Waals surface area contributed by atoms with Crippen LogP contribution in [0.3, 0.4) is 0 Å². The quantitative estimate of drug-likeness (QED) is 0.597. The van der Waals surface area contributed by atoms with Crippen LogP contribution >= 0.6 is 0 Å². The molecule has 2 aromatic carbocycles. The minimum atomic E-state index is -3.54. The van der Waals surface area contributed by atoms with Crippen LogP contribution in [0.2, 0.25) is 0 Å². The van der Waals surface area contributed by atoms with E-state index in [1.165, 1.54) is 7.05 Å². The number of ether oxygens (including phenoxy) is 2. The van der Waals surface area contributed by atoms with Crippen LogP contribution in [-0.2, 0) is 21.2 Å². The first-order valence-corrected chi connectivity index (χ1v) is 11.1. The second kappa shape index (κ2) is 10.3. The number of carbonyl (C=O) groups is 1. The number of nitrogens with zero attached hydrogens (tertiary/aromatic N) is 1. The Bertz CT molecular complexity index is 916. The van der Waals surface area contributed by atoms with Crippen LogP contribution in [0.25, 0.3) is 0 Å². The van der Waals surface area contributed by atoms with E-state index in [1.54, 1.807) is 38.5 Å². The van der Waals surface area contributed by atoms with Gasteiger partial charge in [0.05, 0.1) is 20.5 Å². The molecule has 0 spiro atoms. The van der Waals surface area contributed by atoms with E-state index in [1.807, 2.05) is 24.3 Å². The van der Waals surface area contributed by atoms with E-state index >= 15 is 0 Å². The molecule has 1 amide bonds. The minimum absolute atomic E-state index is 0.351. The maximum atomic E-state index is 12.8. The van der Waals surface area contributed by atoms with Crippen LogP contribution in [0.5, 0.6) is 11.5 Å². The third kappa shape index (κ3) is 6.20. The first kappa shape index (κ1) is 22.7. The van der Waals surface area contributed by atoms with Gasteiger partial charge in [-0.1, -0.05) is 36.4 Å². The van der Waals surface area contributed by atoms with Gasteiger partial charge in [0, 0.05) is 13.6 Å². The number of rotatable bonds is 10. The number of amides is 1. The molecular weight excluding hydrogens is 392 g/mol. The molecule has 0 radical (unpaired) electrons. The topological polar surface area (TPSA) is 84.9 Å². The molecule has 8 heteroatoms. The zero-order valence-electron chi connectivity index (χ0n) is 17.2. The molecule has 0 aliphatic carbocycles. The molecule has 2 aromatic rings. The van der Waals surface area contributed by atoms with Gasteiger partial charge in [0.15, 0.2) is 11.5 Å². The van der Waals surface area contributed by atoms with Crippen LogP contribution in [0.1, 0.15) is 23.6 Å². The highest BCUT2D eigenvalue weighted by Crippen LogP contribution is 2.28. The van der Waals surface area contributed by atoms with Crippen molar-refractivity contribution in [3.63, 3.8) is 0 Å². The maximum absolute atomic E-state index is 12.8. The van der Waals surface area contributed by atoms with Crippen LogP contribution in [0.4, 0.5) is 0 Å². The van der Waals surface area contributed by atoms with Gasteiger partial charge in [-0.25, -0.2) is 8.42 Å². The summed E-state index contributed by atoms with van der Waals surface area (Å²) in [7, 11) is 1.05. The van der Waals surface area contributed by atoms with Crippen molar-refractivity contribution in [3.05, 3.63) is 59.7 Å². The average Bonchev–Trinajstić information content (AvgIpc) is 2.71. The minimum Gasteiger partial charge on any atom is -0.493 e. The van der Waals surface area contributed by atoms with E-state index in [9.17, 15) is 13.2 Å². The normalized spacial score (nSPS) is 12.4. The fraction of sp³-hybridized carbons (Fsp3) is 0.381. The molecule has 0 aromatic heterocycles. The fourth-order valence-electron chi connectivity index (χ4n) is 2.99. The monoisotopic (exact) mass is 420 g/mol. The summed E-state index contributed by atoms with van der Waals surface area (Å²) in [6.07, 6.45) is 2.52. The standard InChI is InChI=1S/C21H28N2O5S/c1-23(29(4,25)26)20(17-10-6-5-7-11-17)21(24)22-14-8-9-16-12-13-18(27-2)19(15-16)28-3/h5-7,10-13,15,20H,8-9,14H2,1-4H3,(H,22,24)/t20-/m0/s1. The summed E-state index contributed by atoms with van der Waals surface area (Å²) in [5.41, 5.74) is 1.68. The summed E-state index contributed by atoms with van der Waals surface area (Å²) in [5, 5.41) is 2.85. The van der Waals surface area contributed by atoms with E-state index < -0.39 is 16.1 Å². The lowest BCUT2D eigenvalue weighted by molar-refractivity contribution is -0.124. The molecule has 0 unspecified atom stereocenters. The number of sulfonamides is 1. The van der Waals surface area contributed by atoms with Gasteiger partial charge in [0.25, 0.3) is 0 Å². The molecule has 0 fully saturated rings. The first-order chi connectivity index (χ1) is 13.8. The van der Waals surface area contributed by atoms with E-state index in [0.29, 0.717) is 30.0 Å². The summed E-state index contributed by atoms with van der Waals surface area (Å²) < 4.78 is 35.6. The van der Waals surface area contributed by atoms with Crippen molar-refractivity contribution >= 4 is 15.9 Å². The number of methoxy groups -OCH3 is 2. The van der Waals surface area contributed by atoms with E-state index in [0.717, 1.165) is 22.5 Å². The predicted molar refractivity (Wildman–Crippen MR) is 113 cm³/mol. The Morgan fingerprint density at radius 2 is 1.72 bits per heavy atom. The lowest BCUT2D eigenvalue weighted by atomic mass is 10.1. The Kier molecular flexibility index (Phi) is 8.04. The smallest absolute Gasteiger partial charge is 0.242 e. The highest BCUT2D eigenvalue weighted by atomic mass is 32.2. The first-order valence-electron chi connectivity index (χ1n) is 9.24. The van der Waals surface area contributed by atoms with Crippen LogP contribution in [-0.4, -0.2) is 52.7 Å². The molecule has 0 saturated heterocycles. The van der Waals surface area contributed by atoms with E-state index in [-0.39, 0.29) is 5.91 Å². The van der Waals surface area contributed by atoms with Crippen molar-refractivity contribution in [3.8, 4) is 11.5 Å². The third-order valence-electron chi connectivity index (χ3n) is 4.64. The number of aryl methyl sites for hydroxylation is 1. The molecule has 0 aliphatic heterocycles. The number of nitrogens with one attached hydrogen (secondary N) is 1. The van der Waals surface area contributed by atoms with Crippen molar-refractivity contribution in [2.24, 2.45) is 0 Å². The lowest BCUT2D eigenvalue weighted by Gasteiger charge is -2.25. The van der Waals surface area contributed by atoms with Gasteiger partial charge >= 0.3 is 0 Å². The average molecular weight is 421 g/mol. The van der Waals surface area contributed by atoms with Gasteiger partial charge in [-0.2, -0.15) is 4.31 Å². The van der Waals surface area contributed by atoms with E-state index in [4.69, 9.17) is 9.47 Å².